The average Bonchev–Trinajstić information content (AvgIpc) is 2.77. The molecule has 0 radical (unpaired) electrons. The molecule has 0 bridgehead atoms. The van der Waals surface area contributed by atoms with E-state index in [9.17, 15) is 8.42 Å². The lowest BCUT2D eigenvalue weighted by atomic mass is 10.3. The number of nitrogens with one attached hydrogen (secondary N) is 2. The van der Waals surface area contributed by atoms with Crippen molar-refractivity contribution in [3.8, 4) is 0 Å². The summed E-state index contributed by atoms with van der Waals surface area (Å²) < 4.78 is 26.2. The van der Waals surface area contributed by atoms with Crippen LogP contribution in [0.1, 0.15) is 18.9 Å². The van der Waals surface area contributed by atoms with Gasteiger partial charge in [0.15, 0.2) is 5.03 Å². The molecule has 0 aromatic carbocycles. The molecule has 0 fully saturated rings. The number of rotatable bonds is 7. The standard InChI is InChI=1S/C9H17N3O3S2/c1-7(16-2)3-4-11-17(14,15)9-8(6-13)5-10-12-9/h5,7,11,13H,3-4,6H2,1-2H3,(H,10,12). The number of nitrogens with zero attached hydrogens (tertiary/aromatic N) is 1. The van der Waals surface area contributed by atoms with E-state index in [1.807, 2.05) is 13.2 Å². The lowest BCUT2D eigenvalue weighted by Crippen LogP contribution is -2.27. The number of sulfonamides is 1. The number of hydrogen-bond donors (Lipinski definition) is 3. The molecule has 1 aromatic heterocycles. The Balaban J connectivity index is 2.63. The van der Waals surface area contributed by atoms with Crippen LogP contribution in [0.25, 0.3) is 0 Å². The maximum atomic E-state index is 11.8. The molecule has 3 N–H and O–H groups in total. The van der Waals surface area contributed by atoms with Gasteiger partial charge in [-0.1, -0.05) is 6.92 Å². The predicted molar refractivity (Wildman–Crippen MR) is 67.3 cm³/mol. The molecule has 0 aliphatic carbocycles. The van der Waals surface area contributed by atoms with E-state index >= 15 is 0 Å². The van der Waals surface area contributed by atoms with Crippen molar-refractivity contribution in [2.45, 2.75) is 30.2 Å². The van der Waals surface area contributed by atoms with Crippen molar-refractivity contribution in [2.75, 3.05) is 12.8 Å². The highest BCUT2D eigenvalue weighted by Crippen LogP contribution is 2.12. The maximum absolute atomic E-state index is 11.8. The van der Waals surface area contributed by atoms with Gasteiger partial charge < -0.3 is 5.11 Å². The van der Waals surface area contributed by atoms with Gasteiger partial charge in [0.05, 0.1) is 12.8 Å². The largest absolute Gasteiger partial charge is 0.392 e. The lowest BCUT2D eigenvalue weighted by Gasteiger charge is -2.09. The van der Waals surface area contributed by atoms with Crippen molar-refractivity contribution >= 4 is 21.8 Å². The van der Waals surface area contributed by atoms with Crippen LogP contribution in [0, 0.1) is 0 Å². The Morgan fingerprint density at radius 2 is 2.35 bits per heavy atom. The van der Waals surface area contributed by atoms with Crippen molar-refractivity contribution in [3.05, 3.63) is 11.8 Å². The van der Waals surface area contributed by atoms with Crippen LogP contribution in [0.3, 0.4) is 0 Å². The van der Waals surface area contributed by atoms with E-state index in [1.165, 1.54) is 6.20 Å². The number of thioether (sulfide) groups is 1. The van der Waals surface area contributed by atoms with Crippen molar-refractivity contribution < 1.29 is 13.5 Å². The minimum absolute atomic E-state index is 0.0585. The van der Waals surface area contributed by atoms with Crippen LogP contribution in [0.4, 0.5) is 0 Å². The summed E-state index contributed by atoms with van der Waals surface area (Å²) >= 11 is 1.69. The Morgan fingerprint density at radius 1 is 1.65 bits per heavy atom. The van der Waals surface area contributed by atoms with Gasteiger partial charge in [-0.25, -0.2) is 13.1 Å². The van der Waals surface area contributed by atoms with Gasteiger partial charge in [-0.2, -0.15) is 16.9 Å². The molecule has 0 amide bonds. The van der Waals surface area contributed by atoms with Crippen molar-refractivity contribution in [3.63, 3.8) is 0 Å². The fourth-order valence-electron chi connectivity index (χ4n) is 1.23. The van der Waals surface area contributed by atoms with Crippen LogP contribution in [0.15, 0.2) is 11.2 Å². The quantitative estimate of drug-likeness (QED) is 0.668. The fraction of sp³-hybridized carbons (Fsp3) is 0.667. The van der Waals surface area contributed by atoms with Gasteiger partial charge in [0.2, 0.25) is 0 Å². The summed E-state index contributed by atoms with van der Waals surface area (Å²) in [5.74, 6) is 0. The van der Waals surface area contributed by atoms with E-state index in [4.69, 9.17) is 5.11 Å². The highest BCUT2D eigenvalue weighted by atomic mass is 32.2. The number of H-pyrrole nitrogens is 1. The van der Waals surface area contributed by atoms with Crippen LogP contribution in [0.2, 0.25) is 0 Å². The highest BCUT2D eigenvalue weighted by Gasteiger charge is 2.19. The number of aromatic nitrogens is 2. The number of aliphatic hydroxyl groups excluding tert-OH is 1. The Hall–Kier alpha value is -0.570. The van der Waals surface area contributed by atoms with Crippen molar-refractivity contribution in [1.29, 1.82) is 0 Å². The minimum Gasteiger partial charge on any atom is -0.392 e. The molecule has 1 rings (SSSR count). The van der Waals surface area contributed by atoms with Gasteiger partial charge in [0.1, 0.15) is 0 Å². The third-order valence-electron chi connectivity index (χ3n) is 2.36. The molecular formula is C9H17N3O3S2. The first-order valence-electron chi connectivity index (χ1n) is 5.16. The van der Waals surface area contributed by atoms with Crippen LogP contribution >= 0.6 is 11.8 Å². The molecule has 1 atom stereocenters. The molecule has 0 saturated carbocycles. The molecule has 1 aromatic rings. The SMILES string of the molecule is CSC(C)CCNS(=O)(=O)c1[nH]ncc1CO. The molecule has 0 aliphatic heterocycles. The number of aromatic amines is 1. The Labute approximate surface area is 105 Å². The second-order valence-electron chi connectivity index (χ2n) is 3.62. The minimum atomic E-state index is -3.60. The second kappa shape index (κ2) is 6.39. The van der Waals surface area contributed by atoms with Gasteiger partial charge in [0.25, 0.3) is 10.0 Å². The fourth-order valence-corrected chi connectivity index (χ4v) is 2.75. The van der Waals surface area contributed by atoms with Crippen LogP contribution in [-0.4, -0.2) is 41.8 Å². The lowest BCUT2D eigenvalue weighted by molar-refractivity contribution is 0.278. The summed E-state index contributed by atoms with van der Waals surface area (Å²) in [7, 11) is -3.60. The summed E-state index contributed by atoms with van der Waals surface area (Å²) in [4.78, 5) is 0. The van der Waals surface area contributed by atoms with Gasteiger partial charge in [0, 0.05) is 17.4 Å². The van der Waals surface area contributed by atoms with Gasteiger partial charge in [-0.05, 0) is 12.7 Å². The molecule has 6 nitrogen and oxygen atoms in total. The summed E-state index contributed by atoms with van der Waals surface area (Å²) in [5, 5.41) is 15.3. The molecule has 1 unspecified atom stereocenters. The molecule has 0 saturated heterocycles. The van der Waals surface area contributed by atoms with Crippen molar-refractivity contribution in [1.82, 2.24) is 14.9 Å². The second-order valence-corrected chi connectivity index (χ2v) is 6.60. The summed E-state index contributed by atoms with van der Waals surface area (Å²) in [6.45, 7) is 2.05. The first-order chi connectivity index (χ1) is 8.01. The van der Waals surface area contributed by atoms with E-state index in [0.29, 0.717) is 11.8 Å². The summed E-state index contributed by atoms with van der Waals surface area (Å²) in [6, 6.07) is 0. The Kier molecular flexibility index (Phi) is 5.44. The van der Waals surface area contributed by atoms with Gasteiger partial charge in [-0.15, -0.1) is 0 Å². The smallest absolute Gasteiger partial charge is 0.257 e. The third kappa shape index (κ3) is 3.98. The monoisotopic (exact) mass is 279 g/mol. The van der Waals surface area contributed by atoms with E-state index in [1.54, 1.807) is 11.8 Å². The predicted octanol–water partition coefficient (Wildman–Crippen LogP) is 0.322. The molecule has 1 heterocycles. The van der Waals surface area contributed by atoms with E-state index in [0.717, 1.165) is 6.42 Å². The summed E-state index contributed by atoms with van der Waals surface area (Å²) in [6.07, 6.45) is 4.04. The molecule has 8 heteroatoms. The first kappa shape index (κ1) is 14.5. The Bertz CT molecular complexity index is 444. The number of aliphatic hydroxyl groups is 1. The topological polar surface area (TPSA) is 95.1 Å². The average molecular weight is 279 g/mol. The van der Waals surface area contributed by atoms with Crippen LogP contribution in [0.5, 0.6) is 0 Å². The molecule has 17 heavy (non-hydrogen) atoms. The zero-order valence-corrected chi connectivity index (χ0v) is 11.4. The Morgan fingerprint density at radius 3 is 2.94 bits per heavy atom. The van der Waals surface area contributed by atoms with Crippen LogP contribution in [-0.2, 0) is 16.6 Å². The molecular weight excluding hydrogens is 262 g/mol. The van der Waals surface area contributed by atoms with Crippen LogP contribution < -0.4 is 4.72 Å². The van der Waals surface area contributed by atoms with Gasteiger partial charge in [-0.3, -0.25) is 5.10 Å². The molecule has 0 aliphatic rings. The zero-order valence-electron chi connectivity index (χ0n) is 9.80. The highest BCUT2D eigenvalue weighted by molar-refractivity contribution is 7.99. The summed E-state index contributed by atoms with van der Waals surface area (Å²) in [5.41, 5.74) is 0.274. The van der Waals surface area contributed by atoms with E-state index in [-0.39, 0.29) is 17.2 Å². The first-order valence-corrected chi connectivity index (χ1v) is 7.94. The normalized spacial score (nSPS) is 13.8. The van der Waals surface area contributed by atoms with Crippen molar-refractivity contribution in [2.24, 2.45) is 0 Å². The molecule has 98 valence electrons. The maximum Gasteiger partial charge on any atom is 0.257 e. The number of hydrogen-bond acceptors (Lipinski definition) is 5. The molecule has 0 spiro atoms. The van der Waals surface area contributed by atoms with Gasteiger partial charge >= 0.3 is 0 Å². The van der Waals surface area contributed by atoms with E-state index < -0.39 is 10.0 Å². The van der Waals surface area contributed by atoms with E-state index in [2.05, 4.69) is 14.9 Å². The zero-order chi connectivity index (χ0) is 12.9. The third-order valence-corrected chi connectivity index (χ3v) is 4.88.